The van der Waals surface area contributed by atoms with Crippen molar-refractivity contribution >= 4 is 22.5 Å². The second-order valence-electron chi connectivity index (χ2n) is 4.77. The van der Waals surface area contributed by atoms with Crippen molar-refractivity contribution in [2.45, 2.75) is 6.54 Å². The van der Waals surface area contributed by atoms with Gasteiger partial charge in [-0.05, 0) is 24.3 Å². The molecule has 0 spiro atoms. The Morgan fingerprint density at radius 2 is 2.13 bits per heavy atom. The highest BCUT2D eigenvalue weighted by atomic mass is 19.1. The van der Waals surface area contributed by atoms with Crippen LogP contribution in [0.1, 0.15) is 0 Å². The van der Waals surface area contributed by atoms with Gasteiger partial charge in [-0.3, -0.25) is 9.59 Å². The Morgan fingerprint density at radius 1 is 1.30 bits per heavy atom. The SMILES string of the molecule is O=C(Cn1ccccc1=O)N=Nc1c(O)[nH]c2ccc(F)cc12. The van der Waals surface area contributed by atoms with Crippen molar-refractivity contribution in [3.8, 4) is 5.88 Å². The Balaban J connectivity index is 1.87. The average molecular weight is 314 g/mol. The number of carbonyl (C=O) groups excluding carboxylic acids is 1. The van der Waals surface area contributed by atoms with E-state index in [2.05, 4.69) is 15.2 Å². The van der Waals surface area contributed by atoms with E-state index in [0.717, 1.165) is 0 Å². The molecule has 7 nitrogen and oxygen atoms in total. The summed E-state index contributed by atoms with van der Waals surface area (Å²) in [5, 5.41) is 17.2. The van der Waals surface area contributed by atoms with E-state index in [4.69, 9.17) is 0 Å². The number of nitrogens with zero attached hydrogens (tertiary/aromatic N) is 3. The number of benzene rings is 1. The number of azo groups is 1. The standard InChI is InChI=1S/C15H11FN4O3/c16-9-4-5-11-10(7-9)14(15(23)17-11)19-18-12(21)8-20-6-2-1-3-13(20)22/h1-7,17,23H,8H2. The first-order valence-electron chi connectivity index (χ1n) is 6.65. The molecule has 0 aliphatic heterocycles. The highest BCUT2D eigenvalue weighted by molar-refractivity contribution is 5.94. The first kappa shape index (κ1) is 14.6. The molecule has 0 bridgehead atoms. The zero-order valence-electron chi connectivity index (χ0n) is 11.7. The topological polar surface area (TPSA) is 99.8 Å². The predicted octanol–water partition coefficient (Wildman–Crippen LogP) is 2.48. The Hall–Kier alpha value is -3.29. The molecule has 0 unspecified atom stereocenters. The Labute approximate surface area is 128 Å². The minimum Gasteiger partial charge on any atom is -0.493 e. The molecule has 8 heteroatoms. The van der Waals surface area contributed by atoms with Crippen LogP contribution in [-0.2, 0) is 11.3 Å². The molecule has 0 fully saturated rings. The van der Waals surface area contributed by atoms with Crippen LogP contribution in [0.4, 0.5) is 10.1 Å². The van der Waals surface area contributed by atoms with Gasteiger partial charge in [-0.15, -0.1) is 10.2 Å². The third-order valence-corrected chi connectivity index (χ3v) is 3.18. The summed E-state index contributed by atoms with van der Waals surface area (Å²) in [6.07, 6.45) is 1.45. The molecule has 23 heavy (non-hydrogen) atoms. The minimum absolute atomic E-state index is 0.0340. The van der Waals surface area contributed by atoms with Gasteiger partial charge in [-0.1, -0.05) is 6.07 Å². The lowest BCUT2D eigenvalue weighted by Gasteiger charge is -1.99. The second kappa shape index (κ2) is 5.84. The predicted molar refractivity (Wildman–Crippen MR) is 80.1 cm³/mol. The molecule has 0 aliphatic carbocycles. The fourth-order valence-corrected chi connectivity index (χ4v) is 2.11. The monoisotopic (exact) mass is 314 g/mol. The maximum Gasteiger partial charge on any atom is 0.284 e. The van der Waals surface area contributed by atoms with Gasteiger partial charge >= 0.3 is 0 Å². The number of pyridine rings is 1. The van der Waals surface area contributed by atoms with E-state index < -0.39 is 11.7 Å². The third-order valence-electron chi connectivity index (χ3n) is 3.18. The maximum atomic E-state index is 13.3. The van der Waals surface area contributed by atoms with E-state index in [-0.39, 0.29) is 23.7 Å². The van der Waals surface area contributed by atoms with Crippen LogP contribution in [0.25, 0.3) is 10.9 Å². The van der Waals surface area contributed by atoms with Crippen LogP contribution in [0.15, 0.2) is 57.6 Å². The summed E-state index contributed by atoms with van der Waals surface area (Å²) < 4.78 is 14.5. The van der Waals surface area contributed by atoms with Crippen LogP contribution in [0.5, 0.6) is 5.88 Å². The van der Waals surface area contributed by atoms with Crippen molar-refractivity contribution in [1.82, 2.24) is 9.55 Å². The van der Waals surface area contributed by atoms with Crippen molar-refractivity contribution in [1.29, 1.82) is 0 Å². The van der Waals surface area contributed by atoms with E-state index in [0.29, 0.717) is 10.9 Å². The van der Waals surface area contributed by atoms with Crippen molar-refractivity contribution in [3.63, 3.8) is 0 Å². The highest BCUT2D eigenvalue weighted by Gasteiger charge is 2.12. The number of carbonyl (C=O) groups is 1. The number of aromatic amines is 1. The third kappa shape index (κ3) is 3.00. The van der Waals surface area contributed by atoms with Gasteiger partial charge in [0.15, 0.2) is 5.69 Å². The molecule has 0 saturated heterocycles. The summed E-state index contributed by atoms with van der Waals surface area (Å²) in [5.41, 5.74) is 0.0888. The van der Waals surface area contributed by atoms with Gasteiger partial charge in [0.2, 0.25) is 5.88 Å². The molecule has 0 atom stereocenters. The molecular weight excluding hydrogens is 303 g/mol. The number of amides is 1. The van der Waals surface area contributed by atoms with Crippen LogP contribution in [-0.4, -0.2) is 20.6 Å². The van der Waals surface area contributed by atoms with Crippen LogP contribution in [0, 0.1) is 5.82 Å². The van der Waals surface area contributed by atoms with Gasteiger partial charge in [0, 0.05) is 17.6 Å². The quantitative estimate of drug-likeness (QED) is 0.726. The van der Waals surface area contributed by atoms with E-state index in [1.807, 2.05) is 0 Å². The summed E-state index contributed by atoms with van der Waals surface area (Å²) in [7, 11) is 0. The maximum absolute atomic E-state index is 13.3. The fourth-order valence-electron chi connectivity index (χ4n) is 2.11. The Bertz CT molecular complexity index is 974. The Morgan fingerprint density at radius 3 is 2.91 bits per heavy atom. The van der Waals surface area contributed by atoms with Gasteiger partial charge in [-0.25, -0.2) is 4.39 Å². The summed E-state index contributed by atoms with van der Waals surface area (Å²) in [5.74, 6) is -1.50. The largest absolute Gasteiger partial charge is 0.493 e. The number of rotatable bonds is 3. The van der Waals surface area contributed by atoms with Crippen molar-refractivity contribution in [2.75, 3.05) is 0 Å². The lowest BCUT2D eigenvalue weighted by molar-refractivity contribution is -0.118. The van der Waals surface area contributed by atoms with Crippen LogP contribution in [0.3, 0.4) is 0 Å². The number of halogens is 1. The van der Waals surface area contributed by atoms with Crippen molar-refractivity contribution in [2.24, 2.45) is 10.2 Å². The smallest absolute Gasteiger partial charge is 0.284 e. The number of fused-ring (bicyclic) bond motifs is 1. The molecule has 0 saturated carbocycles. The van der Waals surface area contributed by atoms with Crippen LogP contribution in [0.2, 0.25) is 0 Å². The number of aromatic nitrogens is 2. The summed E-state index contributed by atoms with van der Waals surface area (Å²) in [6.45, 7) is -0.277. The molecule has 3 rings (SSSR count). The van der Waals surface area contributed by atoms with Crippen LogP contribution < -0.4 is 5.56 Å². The van der Waals surface area contributed by atoms with Gasteiger partial charge in [-0.2, -0.15) is 0 Å². The molecule has 1 aromatic carbocycles. The van der Waals surface area contributed by atoms with Gasteiger partial charge in [0.1, 0.15) is 12.4 Å². The summed E-state index contributed by atoms with van der Waals surface area (Å²) in [4.78, 5) is 25.9. The van der Waals surface area contributed by atoms with Gasteiger partial charge in [0.05, 0.1) is 5.52 Å². The first-order valence-corrected chi connectivity index (χ1v) is 6.65. The van der Waals surface area contributed by atoms with Crippen molar-refractivity contribution < 1.29 is 14.3 Å². The van der Waals surface area contributed by atoms with E-state index in [9.17, 15) is 19.1 Å². The molecule has 116 valence electrons. The van der Waals surface area contributed by atoms with Crippen LogP contribution >= 0.6 is 0 Å². The molecule has 3 aromatic rings. The van der Waals surface area contributed by atoms with Crippen molar-refractivity contribution in [3.05, 3.63) is 58.8 Å². The Kier molecular flexibility index (Phi) is 3.71. The first-order chi connectivity index (χ1) is 11.0. The number of hydrogen-bond acceptors (Lipinski definition) is 4. The fraction of sp³-hybridized carbons (Fsp3) is 0.0667. The zero-order chi connectivity index (χ0) is 16.4. The highest BCUT2D eigenvalue weighted by Crippen LogP contribution is 2.35. The normalized spacial score (nSPS) is 11.3. The molecule has 0 aliphatic rings. The van der Waals surface area contributed by atoms with E-state index in [1.165, 1.54) is 35.0 Å². The average Bonchev–Trinajstić information content (AvgIpc) is 2.82. The molecule has 2 N–H and O–H groups in total. The van der Waals surface area contributed by atoms with Gasteiger partial charge in [0.25, 0.3) is 11.5 Å². The summed E-state index contributed by atoms with van der Waals surface area (Å²) in [6, 6.07) is 8.33. The number of H-pyrrole nitrogens is 1. The second-order valence-corrected chi connectivity index (χ2v) is 4.77. The zero-order valence-corrected chi connectivity index (χ0v) is 11.7. The molecule has 2 aromatic heterocycles. The van der Waals surface area contributed by atoms with Gasteiger partial charge < -0.3 is 14.7 Å². The number of hydrogen-bond donors (Lipinski definition) is 2. The molecular formula is C15H11FN4O3. The minimum atomic E-state index is -0.677. The molecule has 0 radical (unpaired) electrons. The number of aromatic hydroxyl groups is 1. The lowest BCUT2D eigenvalue weighted by Crippen LogP contribution is -2.21. The van der Waals surface area contributed by atoms with E-state index >= 15 is 0 Å². The van der Waals surface area contributed by atoms with E-state index in [1.54, 1.807) is 12.1 Å². The summed E-state index contributed by atoms with van der Waals surface area (Å²) >= 11 is 0. The molecule has 1 amide bonds. The lowest BCUT2D eigenvalue weighted by atomic mass is 10.2. The molecule has 2 heterocycles. The number of nitrogens with one attached hydrogen (secondary N) is 1.